The Morgan fingerprint density at radius 2 is 0.624 bits per heavy atom. The minimum Gasteiger partial charge on any atom is -0.512 e. The first-order chi connectivity index (χ1) is 66.0. The second-order valence-corrected chi connectivity index (χ2v) is 31.0. The van der Waals surface area contributed by atoms with Gasteiger partial charge in [0.1, 0.15) is 11.5 Å². The fraction of sp³-hybridized carbons (Fsp3) is 0.0750. The van der Waals surface area contributed by atoms with E-state index in [1.807, 2.05) is 218 Å². The number of rotatable bonds is 10. The minimum atomic E-state index is -0.125. The zero-order chi connectivity index (χ0) is 96.1. The van der Waals surface area contributed by atoms with Gasteiger partial charge in [0.25, 0.3) is 0 Å². The van der Waals surface area contributed by atoms with Crippen LogP contribution in [0.1, 0.15) is 61.0 Å². The summed E-state index contributed by atoms with van der Waals surface area (Å²) >= 11 is 0. The van der Waals surface area contributed by atoms with Crippen molar-refractivity contribution < 1.29 is 145 Å². The van der Waals surface area contributed by atoms with Gasteiger partial charge < -0.3 is 29.8 Å². The van der Waals surface area contributed by atoms with E-state index in [-0.39, 0.29) is 147 Å². The van der Waals surface area contributed by atoms with Crippen molar-refractivity contribution in [3.05, 3.63) is 466 Å². The molecule has 0 saturated heterocycles. The summed E-state index contributed by atoms with van der Waals surface area (Å²) in [5.74, 6) is 0.372. The number of hydrogen-bond donors (Lipinski definition) is 4. The van der Waals surface area contributed by atoms with Gasteiger partial charge in [-0.25, -0.2) is 0 Å². The predicted molar refractivity (Wildman–Crippen MR) is 552 cm³/mol. The number of nitrogens with zero attached hydrogens (tertiary/aromatic N) is 7. The molecule has 0 bridgehead atoms. The molecule has 0 unspecified atom stereocenters. The summed E-state index contributed by atoms with van der Waals surface area (Å²) < 4.78 is 5.61. The van der Waals surface area contributed by atoms with Crippen molar-refractivity contribution >= 4 is 121 Å². The number of carbonyl (C=O) groups excluding carboxylic acids is 4. The number of allylic oxidation sites excluding steroid dienone is 8. The number of hydrogen-bond acceptors (Lipinski definition) is 16. The molecule has 0 saturated carbocycles. The number of benzene rings is 14. The summed E-state index contributed by atoms with van der Waals surface area (Å²) in [4.78, 5) is 72.5. The van der Waals surface area contributed by atoms with Crippen LogP contribution in [0.5, 0.6) is 0 Å². The molecular weight excluding hydrogens is 2640 g/mol. The normalized spacial score (nSPS) is 10.6. The van der Waals surface area contributed by atoms with Gasteiger partial charge in [-0.1, -0.05) is 235 Å². The molecule has 21 aromatic rings. The van der Waals surface area contributed by atoms with Gasteiger partial charge in [0.15, 0.2) is 23.1 Å². The molecule has 14 aromatic carbocycles. The van der Waals surface area contributed by atoms with E-state index in [9.17, 15) is 19.2 Å². The third-order valence-electron chi connectivity index (χ3n) is 19.9. The molecule has 0 fully saturated rings. The fourth-order valence-corrected chi connectivity index (χ4v) is 14.0. The summed E-state index contributed by atoms with van der Waals surface area (Å²) in [7, 11) is 0. The van der Waals surface area contributed by atoms with E-state index in [0.717, 1.165) is 122 Å². The van der Waals surface area contributed by atoms with Gasteiger partial charge in [0.05, 0.1) is 56.1 Å². The zero-order valence-electron chi connectivity index (χ0n) is 78.2. The maximum Gasteiger partial charge on any atom is 0.155 e. The number of aliphatic hydroxyl groups excluding tert-OH is 4. The van der Waals surface area contributed by atoms with Gasteiger partial charge in [-0.2, -0.15) is 0 Å². The molecule has 21 rings (SSSR count). The van der Waals surface area contributed by atoms with Gasteiger partial charge in [-0.15, -0.1) is 185 Å². The Morgan fingerprint density at radius 1 is 0.270 bits per heavy atom. The monoisotopic (exact) mass is 2740 g/mol. The molecule has 5 radical (unpaired) electrons. The number of pyridine rings is 6. The van der Waals surface area contributed by atoms with Crippen LogP contribution in [0.4, 0.5) is 0 Å². The quantitative estimate of drug-likeness (QED) is 0.0430. The Morgan fingerprint density at radius 3 is 1.06 bits per heavy atom. The summed E-state index contributed by atoms with van der Waals surface area (Å²) in [5.41, 5.74) is 19.8. The van der Waals surface area contributed by atoms with E-state index in [2.05, 4.69) is 215 Å². The Kier molecular flexibility index (Phi) is 47.1. The minimum absolute atomic E-state index is 0. The first-order valence-electron chi connectivity index (χ1n) is 43.6. The Bertz CT molecular complexity index is 7500. The Balaban J connectivity index is 0.000000217. The molecule has 0 aliphatic heterocycles. The van der Waals surface area contributed by atoms with Crippen LogP contribution >= 0.6 is 0 Å². The molecule has 7 heterocycles. The molecule has 0 aliphatic rings. The molecule has 7 aromatic heterocycles. The Hall–Kier alpha value is -14.4. The van der Waals surface area contributed by atoms with Crippen molar-refractivity contribution in [3.63, 3.8) is 0 Å². The topological polar surface area (TPSA) is 253 Å². The molecule has 0 atom stereocenters. The van der Waals surface area contributed by atoms with E-state index in [1.165, 1.54) is 123 Å². The number of aromatic nitrogens is 7. The first-order valence-corrected chi connectivity index (χ1v) is 43.6. The van der Waals surface area contributed by atoms with Crippen molar-refractivity contribution in [2.24, 2.45) is 0 Å². The van der Waals surface area contributed by atoms with Gasteiger partial charge >= 0.3 is 0 Å². The third kappa shape index (κ3) is 34.9. The van der Waals surface area contributed by atoms with Gasteiger partial charge in [0, 0.05) is 136 Å². The predicted octanol–water partition coefficient (Wildman–Crippen LogP) is 29.1. The number of para-hydroxylation sites is 7. The van der Waals surface area contributed by atoms with E-state index in [4.69, 9.17) is 39.8 Å². The van der Waals surface area contributed by atoms with Crippen molar-refractivity contribution in [2.45, 2.75) is 62.3 Å². The summed E-state index contributed by atoms with van der Waals surface area (Å²) in [6, 6.07) is 143. The Labute approximate surface area is 888 Å². The summed E-state index contributed by atoms with van der Waals surface area (Å²) in [6.07, 6.45) is 6.47. The first kappa shape index (κ1) is 114. The maximum atomic E-state index is 10.0. The van der Waals surface area contributed by atoms with E-state index < -0.39 is 0 Å². The van der Waals surface area contributed by atoms with Gasteiger partial charge in [0.2, 0.25) is 0 Å². The molecule has 0 amide bonds. The molecule has 717 valence electrons. The van der Waals surface area contributed by atoms with Crippen LogP contribution in [-0.2, 0) is 120 Å². The van der Waals surface area contributed by atoms with Gasteiger partial charge in [-0.3, -0.25) is 49.1 Å². The van der Waals surface area contributed by atoms with Crippen molar-refractivity contribution in [2.75, 3.05) is 0 Å². The smallest absolute Gasteiger partial charge is 0.155 e. The number of aryl methyl sites for hydroxylation is 1. The van der Waals surface area contributed by atoms with Crippen LogP contribution in [-0.4, -0.2) is 78.4 Å². The van der Waals surface area contributed by atoms with Crippen LogP contribution in [0.15, 0.2) is 428 Å². The SMILES string of the molecule is CC(=O)C=C(C)O.CC(=O)C=C(C)O.CC(=O)C=C(C)O.CC(=O)C=C(C)O.Cc1c[c-]c(-c2ccc3ccccc3n2)cc1.[Ir].[Ir].[Ir].[Ir].[Ir].[c-]1ccc2ccccc2c1-c1ccc2ccccc2n1.[c-]1ccc2cccnc2c1-c1ccc2ccccc2n1.[c-]1ccccc1-c1ccc2ccccc2n1.[c-]1ccccc1-c1nc2ccccc2c2ccccc12.[c-]1ccccc1-c1nc2ccccc2o1. The molecule has 16 nitrogen and oxygen atoms in total. The second-order valence-electron chi connectivity index (χ2n) is 31.0. The van der Waals surface area contributed by atoms with Crippen LogP contribution < -0.4 is 0 Å². The number of carbonyl (C=O) groups is 4. The number of aliphatic hydroxyl groups is 4. The average molecular weight is 2740 g/mol. The van der Waals surface area contributed by atoms with E-state index >= 15 is 0 Å². The molecule has 0 spiro atoms. The fourth-order valence-electron chi connectivity index (χ4n) is 14.0. The zero-order valence-corrected chi connectivity index (χ0v) is 90.2. The van der Waals surface area contributed by atoms with Crippen LogP contribution in [0.2, 0.25) is 0 Å². The van der Waals surface area contributed by atoms with Gasteiger partial charge in [-0.05, 0) is 170 Å². The molecular formula is C120H97Ir5N7O9-6. The second kappa shape index (κ2) is 58.5. The van der Waals surface area contributed by atoms with E-state index in [0.29, 0.717) is 5.89 Å². The maximum absolute atomic E-state index is 10.0. The summed E-state index contributed by atoms with van der Waals surface area (Å²) in [6.45, 7) is 13.5. The number of fused-ring (bicyclic) bond motifs is 10. The molecule has 141 heavy (non-hydrogen) atoms. The molecule has 4 N–H and O–H groups in total. The van der Waals surface area contributed by atoms with Crippen molar-refractivity contribution in [1.82, 2.24) is 34.9 Å². The van der Waals surface area contributed by atoms with Crippen LogP contribution in [0, 0.1) is 43.3 Å². The van der Waals surface area contributed by atoms with Crippen LogP contribution in [0.25, 0.3) is 166 Å². The van der Waals surface area contributed by atoms with Crippen molar-refractivity contribution in [3.8, 4) is 67.7 Å². The summed E-state index contributed by atoms with van der Waals surface area (Å²) in [5, 5.41) is 45.2. The number of ketones is 4. The number of oxazole rings is 1. The molecule has 0 aliphatic carbocycles. The average Bonchev–Trinajstić information content (AvgIpc) is 1.42. The standard InChI is InChI=1S/2C19H12N.C18H11N2.C16H12N.C15H10N.C13H8NO.4C5H8O2.5Ir/c1-3-9-16-14(6-1)8-5-10-17(16)19-13-12-15-7-2-4-11-18(15)20-19;1-2-8-14(9-3-1)19-17-12-5-4-10-15(17)16-11-6-7-13-18(16)20-19;1-2-9-16-13(5-1)10-11-17(20-16)15-8-3-6-14-7-4-12-19-18(14)15;1-12-6-8-14(9-7-12)16-11-10-13-4-2-3-5-15(13)17-16;1-2-6-12(7-3-1)15-11-10-13-8-4-5-9-14(13)16-15;1-2-6-10(7-3-1)13-14-11-8-4-5-9-12(11)15-13;4*1-4(6)3-5(2)7;;;;;/h1-9,11-13H;1-8,10-13H;1-7,9-12H;2-8,10-11H,1H3;1-6,8-11H;1-6,8-9H;4*3,6H,1-2H3;;;;;/q6*-1;;;;;;;;;. The molecule has 21 heteroatoms. The van der Waals surface area contributed by atoms with Crippen LogP contribution in [0.3, 0.4) is 0 Å². The largest absolute Gasteiger partial charge is 0.512 e. The third-order valence-corrected chi connectivity index (χ3v) is 19.9. The van der Waals surface area contributed by atoms with Crippen molar-refractivity contribution in [1.29, 1.82) is 0 Å². The van der Waals surface area contributed by atoms with E-state index in [1.54, 1.807) is 6.20 Å².